The lowest BCUT2D eigenvalue weighted by Gasteiger charge is -2.14. The van der Waals surface area contributed by atoms with Gasteiger partial charge in [-0.3, -0.25) is 4.79 Å². The Morgan fingerprint density at radius 3 is 1.88 bits per heavy atom. The van der Waals surface area contributed by atoms with Crippen LogP contribution in [-0.2, 0) is 11.4 Å². The molecule has 0 saturated carbocycles. The van der Waals surface area contributed by atoms with Gasteiger partial charge in [0.05, 0.1) is 5.92 Å². The fraction of sp³-hybridized carbons (Fsp3) is 0.552. The van der Waals surface area contributed by atoms with Crippen molar-refractivity contribution in [3.63, 3.8) is 0 Å². The van der Waals surface area contributed by atoms with Crippen LogP contribution in [0.5, 0.6) is 11.5 Å². The predicted molar refractivity (Wildman–Crippen MR) is 133 cm³/mol. The predicted octanol–water partition coefficient (Wildman–Crippen LogP) is 8.51. The monoisotopic (exact) mass is 438 g/mol. The first-order valence-electron chi connectivity index (χ1n) is 12.7. The standard InChI is InChI=1S/C29H42O3/c1-3-5-6-7-8-9-10-11-12-16-19-26(4-2)29(30)32-28-22-20-27(21-23-28)31-24-25-17-14-13-15-18-25/h13-15,17-18,20-23,26H,3-12,16,19,24H2,1-2H3. The molecule has 32 heavy (non-hydrogen) atoms. The fourth-order valence-corrected chi connectivity index (χ4v) is 3.91. The highest BCUT2D eigenvalue weighted by Crippen LogP contribution is 2.22. The minimum Gasteiger partial charge on any atom is -0.489 e. The summed E-state index contributed by atoms with van der Waals surface area (Å²) in [7, 11) is 0. The molecule has 0 aliphatic carbocycles. The molecule has 0 bridgehead atoms. The van der Waals surface area contributed by atoms with Gasteiger partial charge in [-0.2, -0.15) is 0 Å². The van der Waals surface area contributed by atoms with Crippen LogP contribution in [0.3, 0.4) is 0 Å². The Balaban J connectivity index is 1.61. The third-order valence-electron chi connectivity index (χ3n) is 6.02. The quantitative estimate of drug-likeness (QED) is 0.141. The van der Waals surface area contributed by atoms with Crippen LogP contribution in [0, 0.1) is 5.92 Å². The van der Waals surface area contributed by atoms with Crippen LogP contribution in [0.4, 0.5) is 0 Å². The van der Waals surface area contributed by atoms with E-state index in [1.165, 1.54) is 57.8 Å². The molecule has 3 heteroatoms. The molecule has 0 spiro atoms. The van der Waals surface area contributed by atoms with Crippen molar-refractivity contribution in [1.82, 2.24) is 0 Å². The summed E-state index contributed by atoms with van der Waals surface area (Å²) in [6.07, 6.45) is 14.9. The summed E-state index contributed by atoms with van der Waals surface area (Å²) in [5, 5.41) is 0. The second-order valence-electron chi connectivity index (χ2n) is 8.74. The van der Waals surface area contributed by atoms with Gasteiger partial charge in [0.2, 0.25) is 0 Å². The highest BCUT2D eigenvalue weighted by Gasteiger charge is 2.18. The number of carbonyl (C=O) groups is 1. The molecule has 176 valence electrons. The van der Waals surface area contributed by atoms with E-state index in [0.717, 1.165) is 30.6 Å². The van der Waals surface area contributed by atoms with E-state index in [1.807, 2.05) is 54.6 Å². The van der Waals surface area contributed by atoms with Gasteiger partial charge in [-0.1, -0.05) is 108 Å². The second kappa shape index (κ2) is 16.4. The van der Waals surface area contributed by atoms with Gasteiger partial charge in [0.1, 0.15) is 18.1 Å². The molecule has 1 unspecified atom stereocenters. The van der Waals surface area contributed by atoms with E-state index in [2.05, 4.69) is 13.8 Å². The molecule has 0 aromatic heterocycles. The Labute approximate surface area is 195 Å². The number of carbonyl (C=O) groups excluding carboxylic acids is 1. The lowest BCUT2D eigenvalue weighted by atomic mass is 9.97. The molecule has 0 amide bonds. The largest absolute Gasteiger partial charge is 0.489 e. The van der Waals surface area contributed by atoms with E-state index in [4.69, 9.17) is 9.47 Å². The van der Waals surface area contributed by atoms with E-state index in [0.29, 0.717) is 12.4 Å². The second-order valence-corrected chi connectivity index (χ2v) is 8.74. The Kier molecular flexibility index (Phi) is 13.3. The summed E-state index contributed by atoms with van der Waals surface area (Å²) in [4.78, 5) is 12.6. The molecule has 0 heterocycles. The van der Waals surface area contributed by atoms with Gasteiger partial charge in [-0.15, -0.1) is 0 Å². The van der Waals surface area contributed by atoms with Crippen LogP contribution in [0.15, 0.2) is 54.6 Å². The summed E-state index contributed by atoms with van der Waals surface area (Å²) in [6, 6.07) is 17.4. The molecule has 0 fully saturated rings. The van der Waals surface area contributed by atoms with Crippen molar-refractivity contribution in [2.75, 3.05) is 0 Å². The number of rotatable bonds is 17. The van der Waals surface area contributed by atoms with E-state index < -0.39 is 0 Å². The smallest absolute Gasteiger partial charge is 0.314 e. The molecule has 2 rings (SSSR count). The van der Waals surface area contributed by atoms with E-state index in [9.17, 15) is 4.79 Å². The van der Waals surface area contributed by atoms with Crippen LogP contribution in [-0.4, -0.2) is 5.97 Å². The molecule has 2 aromatic carbocycles. The molecule has 0 N–H and O–H groups in total. The SMILES string of the molecule is CCCCCCCCCCCCC(CC)C(=O)Oc1ccc(OCc2ccccc2)cc1. The van der Waals surface area contributed by atoms with Crippen molar-refractivity contribution in [2.45, 2.75) is 97.5 Å². The Bertz CT molecular complexity index is 724. The van der Waals surface area contributed by atoms with Crippen LogP contribution < -0.4 is 9.47 Å². The Morgan fingerprint density at radius 1 is 0.719 bits per heavy atom. The van der Waals surface area contributed by atoms with Gasteiger partial charge in [0.25, 0.3) is 0 Å². The normalized spacial score (nSPS) is 11.8. The highest BCUT2D eigenvalue weighted by atomic mass is 16.5. The molecule has 2 aromatic rings. The van der Waals surface area contributed by atoms with Crippen molar-refractivity contribution in [3.05, 3.63) is 60.2 Å². The molecule has 1 atom stereocenters. The summed E-state index contributed by atoms with van der Waals surface area (Å²) in [6.45, 7) is 4.86. The Hall–Kier alpha value is -2.29. The van der Waals surface area contributed by atoms with Crippen molar-refractivity contribution in [3.8, 4) is 11.5 Å². The van der Waals surface area contributed by atoms with Gasteiger partial charge in [0, 0.05) is 0 Å². The van der Waals surface area contributed by atoms with E-state index in [1.54, 1.807) is 0 Å². The first kappa shape index (κ1) is 26.0. The van der Waals surface area contributed by atoms with Gasteiger partial charge >= 0.3 is 5.97 Å². The van der Waals surface area contributed by atoms with E-state index >= 15 is 0 Å². The summed E-state index contributed by atoms with van der Waals surface area (Å²) in [5.41, 5.74) is 1.13. The average molecular weight is 439 g/mol. The zero-order valence-electron chi connectivity index (χ0n) is 20.2. The summed E-state index contributed by atoms with van der Waals surface area (Å²) < 4.78 is 11.4. The third-order valence-corrected chi connectivity index (χ3v) is 6.02. The van der Waals surface area contributed by atoms with Crippen molar-refractivity contribution >= 4 is 5.97 Å². The lowest BCUT2D eigenvalue weighted by Crippen LogP contribution is -2.20. The number of hydrogen-bond donors (Lipinski definition) is 0. The van der Waals surface area contributed by atoms with Crippen molar-refractivity contribution in [1.29, 1.82) is 0 Å². The third kappa shape index (κ3) is 10.8. The van der Waals surface area contributed by atoms with Gasteiger partial charge in [-0.05, 0) is 42.7 Å². The van der Waals surface area contributed by atoms with Gasteiger partial charge < -0.3 is 9.47 Å². The average Bonchev–Trinajstić information content (AvgIpc) is 2.83. The molecule has 0 saturated heterocycles. The van der Waals surface area contributed by atoms with Crippen LogP contribution >= 0.6 is 0 Å². The number of unbranched alkanes of at least 4 members (excludes halogenated alkanes) is 9. The summed E-state index contributed by atoms with van der Waals surface area (Å²) in [5.74, 6) is 1.23. The van der Waals surface area contributed by atoms with E-state index in [-0.39, 0.29) is 11.9 Å². The molecular formula is C29H42O3. The zero-order valence-corrected chi connectivity index (χ0v) is 20.2. The maximum absolute atomic E-state index is 12.6. The van der Waals surface area contributed by atoms with Gasteiger partial charge in [-0.25, -0.2) is 0 Å². The molecule has 3 nitrogen and oxygen atoms in total. The maximum Gasteiger partial charge on any atom is 0.314 e. The fourth-order valence-electron chi connectivity index (χ4n) is 3.91. The molecule has 0 radical (unpaired) electrons. The number of benzene rings is 2. The molecular weight excluding hydrogens is 396 g/mol. The Morgan fingerprint density at radius 2 is 1.28 bits per heavy atom. The minimum absolute atomic E-state index is 0.0157. The summed E-state index contributed by atoms with van der Waals surface area (Å²) >= 11 is 0. The molecule has 0 aliphatic rings. The maximum atomic E-state index is 12.6. The minimum atomic E-state index is -0.110. The number of esters is 1. The number of hydrogen-bond acceptors (Lipinski definition) is 3. The van der Waals surface area contributed by atoms with Crippen LogP contribution in [0.1, 0.15) is 96.5 Å². The van der Waals surface area contributed by atoms with Crippen LogP contribution in [0.2, 0.25) is 0 Å². The van der Waals surface area contributed by atoms with Gasteiger partial charge in [0.15, 0.2) is 0 Å². The topological polar surface area (TPSA) is 35.5 Å². The first-order chi connectivity index (χ1) is 15.7. The first-order valence-corrected chi connectivity index (χ1v) is 12.7. The highest BCUT2D eigenvalue weighted by molar-refractivity contribution is 5.75. The zero-order chi connectivity index (χ0) is 22.9. The molecule has 0 aliphatic heterocycles. The van der Waals surface area contributed by atoms with Crippen molar-refractivity contribution in [2.24, 2.45) is 5.92 Å². The van der Waals surface area contributed by atoms with Crippen molar-refractivity contribution < 1.29 is 14.3 Å². The lowest BCUT2D eigenvalue weighted by molar-refractivity contribution is -0.139. The number of ether oxygens (including phenoxy) is 2. The van der Waals surface area contributed by atoms with Crippen LogP contribution in [0.25, 0.3) is 0 Å².